The Morgan fingerprint density at radius 1 is 1.41 bits per heavy atom. The van der Waals surface area contributed by atoms with E-state index in [0.717, 1.165) is 18.8 Å². The Morgan fingerprint density at radius 2 is 2.00 bits per heavy atom. The zero-order valence-corrected chi connectivity index (χ0v) is 11.3. The number of aliphatic hydroxyl groups is 1. The van der Waals surface area contributed by atoms with Gasteiger partial charge in [0.15, 0.2) is 0 Å². The molecule has 0 aliphatic heterocycles. The molecule has 1 fully saturated rings. The molecule has 0 saturated heterocycles. The van der Waals surface area contributed by atoms with Crippen LogP contribution in [-0.2, 0) is 4.79 Å². The molecule has 1 aliphatic rings. The van der Waals surface area contributed by atoms with Crippen LogP contribution in [0.25, 0.3) is 0 Å². The number of carbonyl (C=O) groups excluding carboxylic acids is 1. The molecule has 1 saturated carbocycles. The molecule has 0 aromatic heterocycles. The second kappa shape index (κ2) is 6.97. The third kappa shape index (κ3) is 6.03. The lowest BCUT2D eigenvalue weighted by Crippen LogP contribution is -2.43. The van der Waals surface area contributed by atoms with Crippen molar-refractivity contribution in [3.63, 3.8) is 0 Å². The Balaban J connectivity index is 2.20. The first-order valence-electron chi connectivity index (χ1n) is 6.63. The van der Waals surface area contributed by atoms with Crippen LogP contribution < -0.4 is 5.32 Å². The number of aliphatic hydroxyl groups excluding tert-OH is 1. The molecule has 0 heterocycles. The number of hydrogen-bond acceptors (Lipinski definition) is 3. The summed E-state index contributed by atoms with van der Waals surface area (Å²) in [5.74, 6) is 0.883. The Labute approximate surface area is 104 Å². The molecule has 1 unspecified atom stereocenters. The SMILES string of the molecule is CC(O)CN(C)CC(=O)NC1CCC(C)CC1. The van der Waals surface area contributed by atoms with E-state index in [1.54, 1.807) is 6.92 Å². The molecular weight excluding hydrogens is 216 g/mol. The highest BCUT2D eigenvalue weighted by Crippen LogP contribution is 2.23. The van der Waals surface area contributed by atoms with E-state index < -0.39 is 0 Å². The summed E-state index contributed by atoms with van der Waals surface area (Å²) in [5.41, 5.74) is 0. The molecule has 1 atom stereocenters. The molecule has 0 radical (unpaired) electrons. The fraction of sp³-hybridized carbons (Fsp3) is 0.923. The summed E-state index contributed by atoms with van der Waals surface area (Å²) in [5, 5.41) is 12.3. The Bertz CT molecular complexity index is 236. The van der Waals surface area contributed by atoms with Crippen molar-refractivity contribution in [2.24, 2.45) is 5.92 Å². The van der Waals surface area contributed by atoms with Crippen molar-refractivity contribution in [2.45, 2.75) is 51.7 Å². The molecule has 100 valence electrons. The van der Waals surface area contributed by atoms with Crippen LogP contribution in [0.1, 0.15) is 39.5 Å². The summed E-state index contributed by atoms with van der Waals surface area (Å²) in [4.78, 5) is 13.6. The first kappa shape index (κ1) is 14.5. The largest absolute Gasteiger partial charge is 0.392 e. The van der Waals surface area contributed by atoms with Gasteiger partial charge in [-0.3, -0.25) is 9.69 Å². The zero-order valence-electron chi connectivity index (χ0n) is 11.3. The average Bonchev–Trinajstić information content (AvgIpc) is 2.19. The van der Waals surface area contributed by atoms with Crippen molar-refractivity contribution in [2.75, 3.05) is 20.1 Å². The molecule has 4 heteroatoms. The van der Waals surface area contributed by atoms with Crippen molar-refractivity contribution >= 4 is 5.91 Å². The molecule has 2 N–H and O–H groups in total. The normalized spacial score (nSPS) is 26.9. The topological polar surface area (TPSA) is 52.6 Å². The molecule has 0 aromatic rings. The van der Waals surface area contributed by atoms with Gasteiger partial charge in [0.2, 0.25) is 5.91 Å². The number of rotatable bonds is 5. The number of carbonyl (C=O) groups is 1. The van der Waals surface area contributed by atoms with Crippen molar-refractivity contribution in [1.82, 2.24) is 10.2 Å². The maximum absolute atomic E-state index is 11.8. The minimum Gasteiger partial charge on any atom is -0.392 e. The highest BCUT2D eigenvalue weighted by Gasteiger charge is 2.20. The Kier molecular flexibility index (Phi) is 5.92. The second-order valence-corrected chi connectivity index (χ2v) is 5.57. The molecule has 0 bridgehead atoms. The van der Waals surface area contributed by atoms with Gasteiger partial charge in [-0.15, -0.1) is 0 Å². The third-order valence-corrected chi connectivity index (χ3v) is 3.37. The van der Waals surface area contributed by atoms with Crippen molar-refractivity contribution < 1.29 is 9.90 Å². The van der Waals surface area contributed by atoms with Gasteiger partial charge in [0.25, 0.3) is 0 Å². The summed E-state index contributed by atoms with van der Waals surface area (Å²) >= 11 is 0. The summed E-state index contributed by atoms with van der Waals surface area (Å²) in [6.07, 6.45) is 4.26. The molecule has 17 heavy (non-hydrogen) atoms. The predicted molar refractivity (Wildman–Crippen MR) is 68.7 cm³/mol. The average molecular weight is 242 g/mol. The van der Waals surface area contributed by atoms with E-state index in [2.05, 4.69) is 12.2 Å². The maximum atomic E-state index is 11.8. The summed E-state index contributed by atoms with van der Waals surface area (Å²) < 4.78 is 0. The van der Waals surface area contributed by atoms with E-state index in [1.165, 1.54) is 12.8 Å². The number of likely N-dealkylation sites (N-methyl/N-ethyl adjacent to an activating group) is 1. The molecule has 1 amide bonds. The molecule has 1 rings (SSSR count). The van der Waals surface area contributed by atoms with Crippen LogP contribution in [-0.4, -0.2) is 48.2 Å². The first-order valence-corrected chi connectivity index (χ1v) is 6.63. The third-order valence-electron chi connectivity index (χ3n) is 3.37. The monoisotopic (exact) mass is 242 g/mol. The molecular formula is C13H26N2O2. The molecule has 4 nitrogen and oxygen atoms in total. The lowest BCUT2D eigenvalue weighted by Gasteiger charge is -2.27. The van der Waals surface area contributed by atoms with Gasteiger partial charge in [0.05, 0.1) is 12.6 Å². The van der Waals surface area contributed by atoms with Gasteiger partial charge in [-0.25, -0.2) is 0 Å². The summed E-state index contributed by atoms with van der Waals surface area (Å²) in [7, 11) is 1.86. The van der Waals surface area contributed by atoms with Gasteiger partial charge >= 0.3 is 0 Å². The first-order chi connectivity index (χ1) is 7.97. The number of nitrogens with one attached hydrogen (secondary N) is 1. The van der Waals surface area contributed by atoms with Gasteiger partial charge in [0, 0.05) is 12.6 Å². The minimum atomic E-state index is -0.386. The van der Waals surface area contributed by atoms with Crippen molar-refractivity contribution in [1.29, 1.82) is 0 Å². The van der Waals surface area contributed by atoms with Crippen LogP contribution in [0.3, 0.4) is 0 Å². The van der Waals surface area contributed by atoms with E-state index in [1.807, 2.05) is 11.9 Å². The minimum absolute atomic E-state index is 0.0766. The van der Waals surface area contributed by atoms with Gasteiger partial charge in [-0.05, 0) is 45.6 Å². The molecule has 1 aliphatic carbocycles. The second-order valence-electron chi connectivity index (χ2n) is 5.57. The van der Waals surface area contributed by atoms with Crippen LogP contribution in [0.15, 0.2) is 0 Å². The van der Waals surface area contributed by atoms with Crippen molar-refractivity contribution in [3.05, 3.63) is 0 Å². The van der Waals surface area contributed by atoms with Gasteiger partial charge < -0.3 is 10.4 Å². The maximum Gasteiger partial charge on any atom is 0.234 e. The lowest BCUT2D eigenvalue weighted by molar-refractivity contribution is -0.123. The fourth-order valence-electron chi connectivity index (χ4n) is 2.44. The van der Waals surface area contributed by atoms with Crippen molar-refractivity contribution in [3.8, 4) is 0 Å². The highest BCUT2D eigenvalue weighted by molar-refractivity contribution is 5.78. The molecule has 0 aromatic carbocycles. The van der Waals surface area contributed by atoms with E-state index in [-0.39, 0.29) is 12.0 Å². The highest BCUT2D eigenvalue weighted by atomic mass is 16.3. The van der Waals surface area contributed by atoms with Crippen LogP contribution in [0, 0.1) is 5.92 Å². The van der Waals surface area contributed by atoms with E-state index in [9.17, 15) is 9.90 Å². The van der Waals surface area contributed by atoms with Crippen LogP contribution in [0.2, 0.25) is 0 Å². The number of amides is 1. The lowest BCUT2D eigenvalue weighted by atomic mass is 9.87. The Hall–Kier alpha value is -0.610. The zero-order chi connectivity index (χ0) is 12.8. The van der Waals surface area contributed by atoms with E-state index >= 15 is 0 Å². The Morgan fingerprint density at radius 3 is 2.53 bits per heavy atom. The number of nitrogens with zero attached hydrogens (tertiary/aromatic N) is 1. The predicted octanol–water partition coefficient (Wildman–Crippen LogP) is 0.994. The van der Waals surface area contributed by atoms with Crippen LogP contribution >= 0.6 is 0 Å². The standard InChI is InChI=1S/C13H26N2O2/c1-10-4-6-12(7-5-10)14-13(17)9-15(3)8-11(2)16/h10-12,16H,4-9H2,1-3H3,(H,14,17). The van der Waals surface area contributed by atoms with E-state index in [0.29, 0.717) is 19.1 Å². The van der Waals surface area contributed by atoms with Gasteiger partial charge in [-0.2, -0.15) is 0 Å². The van der Waals surface area contributed by atoms with Crippen LogP contribution in [0.5, 0.6) is 0 Å². The van der Waals surface area contributed by atoms with E-state index in [4.69, 9.17) is 0 Å². The smallest absolute Gasteiger partial charge is 0.234 e. The summed E-state index contributed by atoms with van der Waals surface area (Å²) in [6.45, 7) is 4.91. The summed E-state index contributed by atoms with van der Waals surface area (Å²) in [6, 6.07) is 0.360. The molecule has 0 spiro atoms. The quantitative estimate of drug-likeness (QED) is 0.756. The van der Waals surface area contributed by atoms with Gasteiger partial charge in [0.1, 0.15) is 0 Å². The van der Waals surface area contributed by atoms with Crippen LogP contribution in [0.4, 0.5) is 0 Å². The fourth-order valence-corrected chi connectivity index (χ4v) is 2.44. The van der Waals surface area contributed by atoms with Gasteiger partial charge in [-0.1, -0.05) is 6.92 Å². The number of hydrogen-bond donors (Lipinski definition) is 2.